The maximum atomic E-state index is 11.5. The molecule has 0 spiro atoms. The van der Waals surface area contributed by atoms with Crippen molar-refractivity contribution in [2.24, 2.45) is 11.7 Å². The van der Waals surface area contributed by atoms with E-state index in [4.69, 9.17) is 15.2 Å². The van der Waals surface area contributed by atoms with E-state index in [0.29, 0.717) is 13.2 Å². The zero-order valence-corrected chi connectivity index (χ0v) is 10.4. The number of primary amides is 1. The number of anilines is 1. The smallest absolute Gasteiger partial charge is 0.240 e. The van der Waals surface area contributed by atoms with E-state index < -0.39 is 6.04 Å². The number of nitrogens with two attached hydrogens (primary N) is 1. The minimum atomic E-state index is -0.403. The number of nitrogens with one attached hydrogen (secondary N) is 1. The Balaban J connectivity index is 2.10. The summed E-state index contributed by atoms with van der Waals surface area (Å²) in [5, 5.41) is 3.16. The highest BCUT2D eigenvalue weighted by Crippen LogP contribution is 2.22. The van der Waals surface area contributed by atoms with Crippen LogP contribution in [0.4, 0.5) is 5.69 Å². The summed E-state index contributed by atoms with van der Waals surface area (Å²) in [7, 11) is 1.61. The van der Waals surface area contributed by atoms with Gasteiger partial charge in [0.15, 0.2) is 0 Å². The second-order valence-electron chi connectivity index (χ2n) is 4.38. The van der Waals surface area contributed by atoms with Crippen LogP contribution < -0.4 is 15.8 Å². The van der Waals surface area contributed by atoms with Crippen molar-refractivity contribution in [1.29, 1.82) is 0 Å². The summed E-state index contributed by atoms with van der Waals surface area (Å²) in [6.07, 6.45) is 0.852. The molecule has 2 unspecified atom stereocenters. The molecule has 1 aromatic carbocycles. The lowest BCUT2D eigenvalue weighted by molar-refractivity contribution is -0.119. The largest absolute Gasteiger partial charge is 0.497 e. The molecule has 0 aromatic heterocycles. The molecule has 1 amide bonds. The summed E-state index contributed by atoms with van der Waals surface area (Å²) >= 11 is 0. The Hall–Kier alpha value is -1.75. The van der Waals surface area contributed by atoms with Gasteiger partial charge in [-0.2, -0.15) is 0 Å². The summed E-state index contributed by atoms with van der Waals surface area (Å²) < 4.78 is 10.4. The number of amides is 1. The molecule has 2 atom stereocenters. The fourth-order valence-electron chi connectivity index (χ4n) is 2.13. The van der Waals surface area contributed by atoms with Crippen molar-refractivity contribution in [1.82, 2.24) is 0 Å². The number of hydrogen-bond donors (Lipinski definition) is 2. The van der Waals surface area contributed by atoms with Gasteiger partial charge in [0.1, 0.15) is 11.8 Å². The van der Waals surface area contributed by atoms with Crippen molar-refractivity contribution >= 4 is 11.6 Å². The van der Waals surface area contributed by atoms with Crippen LogP contribution in [-0.4, -0.2) is 32.3 Å². The lowest BCUT2D eigenvalue weighted by Crippen LogP contribution is -2.41. The van der Waals surface area contributed by atoms with Gasteiger partial charge in [-0.3, -0.25) is 4.79 Å². The Morgan fingerprint density at radius 3 is 3.06 bits per heavy atom. The van der Waals surface area contributed by atoms with Gasteiger partial charge < -0.3 is 20.5 Å². The van der Waals surface area contributed by atoms with E-state index in [1.54, 1.807) is 7.11 Å². The quantitative estimate of drug-likeness (QED) is 0.817. The Bertz CT molecular complexity index is 416. The van der Waals surface area contributed by atoms with Crippen LogP contribution in [-0.2, 0) is 9.53 Å². The number of benzene rings is 1. The van der Waals surface area contributed by atoms with Crippen molar-refractivity contribution in [2.75, 3.05) is 25.6 Å². The minimum absolute atomic E-state index is 0.133. The molecule has 0 bridgehead atoms. The maximum absolute atomic E-state index is 11.5. The predicted octanol–water partition coefficient (Wildman–Crippen LogP) is 0.997. The Morgan fingerprint density at radius 1 is 1.61 bits per heavy atom. The second-order valence-corrected chi connectivity index (χ2v) is 4.38. The Labute approximate surface area is 106 Å². The molecule has 0 radical (unpaired) electrons. The lowest BCUT2D eigenvalue weighted by atomic mass is 9.98. The van der Waals surface area contributed by atoms with E-state index in [1.165, 1.54) is 0 Å². The summed E-state index contributed by atoms with van der Waals surface area (Å²) in [5.41, 5.74) is 6.27. The molecule has 5 nitrogen and oxygen atoms in total. The SMILES string of the molecule is COc1cccc(NC(C(N)=O)C2CCOC2)c1. The fraction of sp³-hybridized carbons (Fsp3) is 0.462. The first kappa shape index (κ1) is 12.7. The van der Waals surface area contributed by atoms with Gasteiger partial charge in [0.2, 0.25) is 5.91 Å². The van der Waals surface area contributed by atoms with Crippen LogP contribution in [0.3, 0.4) is 0 Å². The van der Waals surface area contributed by atoms with Gasteiger partial charge in [-0.05, 0) is 18.6 Å². The average Bonchev–Trinajstić information content (AvgIpc) is 2.89. The lowest BCUT2D eigenvalue weighted by Gasteiger charge is -2.21. The van der Waals surface area contributed by atoms with Crippen LogP contribution in [0, 0.1) is 5.92 Å². The number of carbonyl (C=O) groups excluding carboxylic acids is 1. The first-order valence-electron chi connectivity index (χ1n) is 5.98. The molecule has 1 aliphatic heterocycles. The molecule has 3 N–H and O–H groups in total. The molecule has 98 valence electrons. The molecular weight excluding hydrogens is 232 g/mol. The van der Waals surface area contributed by atoms with Crippen LogP contribution in [0.25, 0.3) is 0 Å². The fourth-order valence-corrected chi connectivity index (χ4v) is 2.13. The maximum Gasteiger partial charge on any atom is 0.240 e. The van der Waals surface area contributed by atoms with E-state index in [-0.39, 0.29) is 11.8 Å². The zero-order valence-electron chi connectivity index (χ0n) is 10.4. The van der Waals surface area contributed by atoms with E-state index in [1.807, 2.05) is 24.3 Å². The van der Waals surface area contributed by atoms with Gasteiger partial charge in [0, 0.05) is 24.3 Å². The third-order valence-electron chi connectivity index (χ3n) is 3.13. The van der Waals surface area contributed by atoms with Gasteiger partial charge in [0.05, 0.1) is 13.7 Å². The summed E-state index contributed by atoms with van der Waals surface area (Å²) in [4.78, 5) is 11.5. The van der Waals surface area contributed by atoms with Crippen molar-refractivity contribution in [2.45, 2.75) is 12.5 Å². The van der Waals surface area contributed by atoms with Crippen molar-refractivity contribution in [3.63, 3.8) is 0 Å². The Morgan fingerprint density at radius 2 is 2.44 bits per heavy atom. The molecule has 1 saturated heterocycles. The number of hydrogen-bond acceptors (Lipinski definition) is 4. The summed E-state index contributed by atoms with van der Waals surface area (Å²) in [6.45, 7) is 1.26. The minimum Gasteiger partial charge on any atom is -0.497 e. The number of rotatable bonds is 5. The van der Waals surface area contributed by atoms with Crippen molar-refractivity contribution < 1.29 is 14.3 Å². The molecule has 1 aliphatic rings. The molecule has 0 saturated carbocycles. The summed E-state index contributed by atoms with van der Waals surface area (Å²) in [5.74, 6) is 0.521. The summed E-state index contributed by atoms with van der Waals surface area (Å²) in [6, 6.07) is 7.03. The van der Waals surface area contributed by atoms with Crippen LogP contribution in [0.2, 0.25) is 0 Å². The highest BCUT2D eigenvalue weighted by atomic mass is 16.5. The second kappa shape index (κ2) is 5.73. The zero-order chi connectivity index (χ0) is 13.0. The first-order chi connectivity index (χ1) is 8.70. The van der Waals surface area contributed by atoms with Crippen molar-refractivity contribution in [3.05, 3.63) is 24.3 Å². The molecule has 1 aromatic rings. The van der Waals surface area contributed by atoms with Gasteiger partial charge in [-0.25, -0.2) is 0 Å². The molecule has 2 rings (SSSR count). The highest BCUT2D eigenvalue weighted by molar-refractivity contribution is 5.83. The molecular formula is C13H18N2O3. The highest BCUT2D eigenvalue weighted by Gasteiger charge is 2.29. The van der Waals surface area contributed by atoms with Gasteiger partial charge in [-0.15, -0.1) is 0 Å². The number of methoxy groups -OCH3 is 1. The van der Waals surface area contributed by atoms with E-state index >= 15 is 0 Å². The van der Waals surface area contributed by atoms with Crippen LogP contribution >= 0.6 is 0 Å². The van der Waals surface area contributed by atoms with Crippen LogP contribution in [0.1, 0.15) is 6.42 Å². The van der Waals surface area contributed by atoms with Gasteiger partial charge >= 0.3 is 0 Å². The molecule has 1 heterocycles. The number of ether oxygens (including phenoxy) is 2. The third kappa shape index (κ3) is 2.92. The molecule has 0 aliphatic carbocycles. The van der Waals surface area contributed by atoms with E-state index in [2.05, 4.69) is 5.32 Å². The first-order valence-corrected chi connectivity index (χ1v) is 5.98. The average molecular weight is 250 g/mol. The van der Waals surface area contributed by atoms with Crippen LogP contribution in [0.5, 0.6) is 5.75 Å². The monoisotopic (exact) mass is 250 g/mol. The Kier molecular flexibility index (Phi) is 4.04. The van der Waals surface area contributed by atoms with E-state index in [9.17, 15) is 4.79 Å². The number of carbonyl (C=O) groups is 1. The standard InChI is InChI=1S/C13H18N2O3/c1-17-11-4-2-3-10(7-11)15-12(13(14)16)9-5-6-18-8-9/h2-4,7,9,12,15H,5-6,8H2,1H3,(H2,14,16). The van der Waals surface area contributed by atoms with E-state index in [0.717, 1.165) is 17.9 Å². The normalized spacial score (nSPS) is 20.4. The van der Waals surface area contributed by atoms with Gasteiger partial charge in [-0.1, -0.05) is 6.07 Å². The molecule has 18 heavy (non-hydrogen) atoms. The van der Waals surface area contributed by atoms with Crippen molar-refractivity contribution in [3.8, 4) is 5.75 Å². The van der Waals surface area contributed by atoms with Crippen LogP contribution in [0.15, 0.2) is 24.3 Å². The molecule has 5 heteroatoms. The predicted molar refractivity (Wildman–Crippen MR) is 68.5 cm³/mol. The topological polar surface area (TPSA) is 73.6 Å². The van der Waals surface area contributed by atoms with Gasteiger partial charge in [0.25, 0.3) is 0 Å². The molecule has 1 fully saturated rings. The third-order valence-corrected chi connectivity index (χ3v) is 3.13.